The average Bonchev–Trinajstić information content (AvgIpc) is 3.39. The van der Waals surface area contributed by atoms with Crippen molar-refractivity contribution in [3.05, 3.63) is 188 Å². The molecule has 6 rings (SSSR count). The van der Waals surface area contributed by atoms with Crippen molar-refractivity contribution < 1.29 is 38.5 Å². The van der Waals surface area contributed by atoms with Gasteiger partial charge in [-0.15, -0.1) is 0 Å². The minimum atomic E-state index is -0.928. The van der Waals surface area contributed by atoms with Gasteiger partial charge in [0.15, 0.2) is 11.6 Å². The maximum absolute atomic E-state index is 14.8. The lowest BCUT2D eigenvalue weighted by Gasteiger charge is -2.47. The quantitative estimate of drug-likeness (QED) is 0.0457. The van der Waals surface area contributed by atoms with Gasteiger partial charge in [-0.2, -0.15) is 0 Å². The highest BCUT2D eigenvalue weighted by atomic mass is 16.5. The van der Waals surface area contributed by atoms with E-state index < -0.39 is 33.8 Å². The number of aromatic hydroxyl groups is 1. The topological polar surface area (TPSA) is 116 Å². The number of aryl methyl sites for hydroxylation is 4. The number of Topliss-reactive ketones (excluding diaryl/α,β-unsaturated/α-hetero) is 2. The van der Waals surface area contributed by atoms with Gasteiger partial charge >= 0.3 is 11.9 Å². The van der Waals surface area contributed by atoms with Crippen LogP contribution in [-0.4, -0.2) is 34.2 Å². The summed E-state index contributed by atoms with van der Waals surface area (Å²) in [5.41, 5.74) is 6.15. The molecule has 73 heavy (non-hydrogen) atoms. The Kier molecular flexibility index (Phi) is 16.5. The molecule has 0 fully saturated rings. The molecular weight excluding hydrogens is 909 g/mol. The van der Waals surface area contributed by atoms with Gasteiger partial charge in [-0.25, -0.2) is 9.59 Å². The lowest BCUT2D eigenvalue weighted by Crippen LogP contribution is -2.54. The number of hydrogen-bond donors (Lipinski definition) is 1. The average molecular weight is 985 g/mol. The zero-order valence-electron chi connectivity index (χ0n) is 45.9. The molecule has 1 atom stereocenters. The van der Waals surface area contributed by atoms with Crippen LogP contribution in [0.5, 0.6) is 23.0 Å². The lowest BCUT2D eigenvalue weighted by molar-refractivity contribution is -0.0447. The van der Waals surface area contributed by atoms with Crippen molar-refractivity contribution in [2.24, 2.45) is 10.8 Å². The standard InChI is InChI=1S/C65H76O8/c1-16-63(14,17-2)57(67)47-22-21-23-48(40-47)60(70)72-55-34-30-51(38-43(55)8)62(12,13)52-31-35-56(44(9)39-52)73-65(19-4,20-5)64(15,18-3)58(68)45-24-26-46(27-25-45)59(69)71-54-33-29-50(37-42(54)7)61(10,11)49-28-32-53(66)41(6)36-49/h21-40,66H,16-20H2,1-15H3. The van der Waals surface area contributed by atoms with Crippen molar-refractivity contribution in [3.8, 4) is 23.0 Å². The van der Waals surface area contributed by atoms with Crippen molar-refractivity contribution >= 4 is 23.5 Å². The molecule has 6 aromatic carbocycles. The molecule has 0 aliphatic carbocycles. The van der Waals surface area contributed by atoms with Crippen LogP contribution in [0.3, 0.4) is 0 Å². The number of hydrogen-bond acceptors (Lipinski definition) is 8. The highest BCUT2D eigenvalue weighted by molar-refractivity contribution is 6.03. The predicted molar refractivity (Wildman–Crippen MR) is 293 cm³/mol. The van der Waals surface area contributed by atoms with E-state index in [9.17, 15) is 24.3 Å². The number of rotatable bonds is 20. The minimum absolute atomic E-state index is 0.0217. The van der Waals surface area contributed by atoms with E-state index in [0.29, 0.717) is 71.6 Å². The fraction of sp³-hybridized carbons (Fsp3) is 0.385. The number of esters is 2. The number of ketones is 2. The molecule has 1 unspecified atom stereocenters. The van der Waals surface area contributed by atoms with Crippen LogP contribution in [0.1, 0.15) is 194 Å². The number of phenols is 1. The Labute approximate surface area is 434 Å². The van der Waals surface area contributed by atoms with E-state index in [2.05, 4.69) is 53.7 Å². The van der Waals surface area contributed by atoms with Crippen LogP contribution in [0.25, 0.3) is 0 Å². The van der Waals surface area contributed by atoms with Crippen LogP contribution in [0.2, 0.25) is 0 Å². The molecule has 1 N–H and O–H groups in total. The monoisotopic (exact) mass is 985 g/mol. The first-order valence-corrected chi connectivity index (χ1v) is 25.9. The summed E-state index contributed by atoms with van der Waals surface area (Å²) in [7, 11) is 0. The summed E-state index contributed by atoms with van der Waals surface area (Å²) in [6.45, 7) is 30.4. The molecule has 6 aromatic rings. The summed E-state index contributed by atoms with van der Waals surface area (Å²) < 4.78 is 18.9. The van der Waals surface area contributed by atoms with Gasteiger partial charge in [0.05, 0.1) is 16.5 Å². The molecule has 0 heterocycles. The molecule has 0 saturated carbocycles. The molecule has 0 bridgehead atoms. The van der Waals surface area contributed by atoms with Crippen LogP contribution in [-0.2, 0) is 10.8 Å². The van der Waals surface area contributed by atoms with Crippen LogP contribution in [0.15, 0.2) is 121 Å². The number of phenolic OH excluding ortho intramolecular Hbond substituents is 1. The first kappa shape index (κ1) is 55.5. The van der Waals surface area contributed by atoms with Crippen molar-refractivity contribution in [3.63, 3.8) is 0 Å². The van der Waals surface area contributed by atoms with E-state index in [1.165, 1.54) is 0 Å². The maximum atomic E-state index is 14.8. The molecule has 0 aliphatic rings. The Bertz CT molecular complexity index is 3020. The molecule has 0 amide bonds. The van der Waals surface area contributed by atoms with Crippen LogP contribution >= 0.6 is 0 Å². The van der Waals surface area contributed by atoms with Gasteiger partial charge in [-0.3, -0.25) is 9.59 Å². The lowest BCUT2D eigenvalue weighted by atomic mass is 9.64. The summed E-state index contributed by atoms with van der Waals surface area (Å²) in [5, 5.41) is 10.1. The van der Waals surface area contributed by atoms with Crippen molar-refractivity contribution in [1.82, 2.24) is 0 Å². The van der Waals surface area contributed by atoms with E-state index in [4.69, 9.17) is 14.2 Å². The molecule has 0 aromatic heterocycles. The number of ether oxygens (including phenoxy) is 3. The van der Waals surface area contributed by atoms with Gasteiger partial charge in [0, 0.05) is 27.4 Å². The first-order chi connectivity index (χ1) is 34.3. The summed E-state index contributed by atoms with van der Waals surface area (Å²) in [6, 6.07) is 37.1. The molecular formula is C65H76O8. The third-order valence-electron chi connectivity index (χ3n) is 16.5. The maximum Gasteiger partial charge on any atom is 0.343 e. The van der Waals surface area contributed by atoms with E-state index in [1.807, 2.05) is 117 Å². The molecule has 0 radical (unpaired) electrons. The highest BCUT2D eigenvalue weighted by Crippen LogP contribution is 2.47. The Morgan fingerprint density at radius 2 is 0.836 bits per heavy atom. The molecule has 8 nitrogen and oxygen atoms in total. The largest absolute Gasteiger partial charge is 0.508 e. The van der Waals surface area contributed by atoms with E-state index in [1.54, 1.807) is 54.6 Å². The Morgan fingerprint density at radius 3 is 1.26 bits per heavy atom. The zero-order valence-corrected chi connectivity index (χ0v) is 45.9. The number of carbonyl (C=O) groups excluding carboxylic acids is 4. The Hall–Kier alpha value is -6.80. The second kappa shape index (κ2) is 21.7. The minimum Gasteiger partial charge on any atom is -0.508 e. The van der Waals surface area contributed by atoms with E-state index in [-0.39, 0.29) is 22.7 Å². The summed E-state index contributed by atoms with van der Waals surface area (Å²) >= 11 is 0. The Morgan fingerprint density at radius 1 is 0.425 bits per heavy atom. The van der Waals surface area contributed by atoms with E-state index in [0.717, 1.165) is 44.5 Å². The third-order valence-corrected chi connectivity index (χ3v) is 16.5. The second-order valence-corrected chi connectivity index (χ2v) is 21.5. The molecule has 384 valence electrons. The van der Waals surface area contributed by atoms with Crippen LogP contribution < -0.4 is 14.2 Å². The summed E-state index contributed by atoms with van der Waals surface area (Å²) in [6.07, 6.45) is 3.10. The first-order valence-electron chi connectivity index (χ1n) is 25.9. The van der Waals surface area contributed by atoms with Crippen LogP contribution in [0, 0.1) is 38.5 Å². The smallest absolute Gasteiger partial charge is 0.343 e. The fourth-order valence-corrected chi connectivity index (χ4v) is 10.1. The van der Waals surface area contributed by atoms with Crippen molar-refractivity contribution in [2.45, 2.75) is 152 Å². The van der Waals surface area contributed by atoms with Gasteiger partial charge in [0.2, 0.25) is 0 Å². The van der Waals surface area contributed by atoms with Gasteiger partial charge in [0.25, 0.3) is 0 Å². The van der Waals surface area contributed by atoms with Gasteiger partial charge in [-0.05, 0) is 160 Å². The highest BCUT2D eigenvalue weighted by Gasteiger charge is 2.52. The SMILES string of the molecule is CCC(C)(CC)C(=O)c1cccc(C(=O)Oc2ccc(C(C)(C)c3ccc(OC(CC)(CC)C(C)(CC)C(=O)c4ccc(C(=O)Oc5ccc(C(C)(C)c6ccc(O)c(C)c6)cc5C)cc4)c(C)c3)cc2C)c1. The zero-order chi connectivity index (χ0) is 53.8. The number of carbonyl (C=O) groups is 4. The third kappa shape index (κ3) is 11.0. The second-order valence-electron chi connectivity index (χ2n) is 21.5. The molecule has 0 saturated heterocycles. The predicted octanol–water partition coefficient (Wildman–Crippen LogP) is 16.0. The molecule has 0 aliphatic heterocycles. The van der Waals surface area contributed by atoms with Crippen molar-refractivity contribution in [1.29, 1.82) is 0 Å². The Balaban J connectivity index is 1.15. The molecule has 8 heteroatoms. The van der Waals surface area contributed by atoms with Crippen molar-refractivity contribution in [2.75, 3.05) is 0 Å². The van der Waals surface area contributed by atoms with Crippen LogP contribution in [0.4, 0.5) is 0 Å². The van der Waals surface area contributed by atoms with E-state index >= 15 is 0 Å². The fourth-order valence-electron chi connectivity index (χ4n) is 10.1. The van der Waals surface area contributed by atoms with Gasteiger partial charge in [-0.1, -0.05) is 142 Å². The van der Waals surface area contributed by atoms with Gasteiger partial charge in [0.1, 0.15) is 28.6 Å². The normalized spacial score (nSPS) is 13.0. The summed E-state index contributed by atoms with van der Waals surface area (Å²) in [5.74, 6) is 0.789. The number of benzene rings is 6. The van der Waals surface area contributed by atoms with Gasteiger partial charge < -0.3 is 19.3 Å². The molecule has 0 spiro atoms. The summed E-state index contributed by atoms with van der Waals surface area (Å²) in [4.78, 5) is 55.1.